The zero-order valence-corrected chi connectivity index (χ0v) is 12.7. The van der Waals surface area contributed by atoms with Crippen molar-refractivity contribution in [2.45, 2.75) is 19.4 Å². The summed E-state index contributed by atoms with van der Waals surface area (Å²) in [4.78, 5) is 0. The van der Waals surface area contributed by atoms with Crippen LogP contribution in [0.15, 0.2) is 60.7 Å². The molecule has 0 aliphatic rings. The van der Waals surface area contributed by atoms with Gasteiger partial charge < -0.3 is 10.2 Å². The predicted molar refractivity (Wildman–Crippen MR) is 93.5 cm³/mol. The van der Waals surface area contributed by atoms with E-state index in [1.165, 1.54) is 32.3 Å². The van der Waals surface area contributed by atoms with Gasteiger partial charge in [-0.1, -0.05) is 60.7 Å². The van der Waals surface area contributed by atoms with Crippen LogP contribution < -0.4 is 0 Å². The first-order valence-electron chi connectivity index (χ1n) is 7.62. The molecule has 0 saturated carbocycles. The van der Waals surface area contributed by atoms with Crippen molar-refractivity contribution in [1.29, 1.82) is 0 Å². The van der Waals surface area contributed by atoms with Gasteiger partial charge in [-0.3, -0.25) is 0 Å². The van der Waals surface area contributed by atoms with Gasteiger partial charge in [0, 0.05) is 6.61 Å². The van der Waals surface area contributed by atoms with Crippen molar-refractivity contribution >= 4 is 32.3 Å². The summed E-state index contributed by atoms with van der Waals surface area (Å²) in [5.74, 6) is 0. The zero-order valence-electron chi connectivity index (χ0n) is 12.7. The molecule has 1 unspecified atom stereocenters. The Kier molecular flexibility index (Phi) is 4.23. The molecule has 0 bridgehead atoms. The number of rotatable bonds is 2. The third-order valence-corrected chi connectivity index (χ3v) is 3.94. The van der Waals surface area contributed by atoms with Crippen LogP contribution in [0.4, 0.5) is 0 Å². The Morgan fingerprint density at radius 3 is 1.32 bits per heavy atom. The summed E-state index contributed by atoms with van der Waals surface area (Å²) in [6.45, 7) is 1.73. The highest BCUT2D eigenvalue weighted by Gasteiger charge is 2.05. The SMILES string of the molecule is CC(O)CCO.c1cc2ccc3cccc4ccc(c1)c2c34. The number of hydrogen-bond donors (Lipinski definition) is 2. The third kappa shape index (κ3) is 2.76. The van der Waals surface area contributed by atoms with Crippen LogP contribution in [0.5, 0.6) is 0 Å². The van der Waals surface area contributed by atoms with E-state index in [9.17, 15) is 0 Å². The van der Waals surface area contributed by atoms with Crippen LogP contribution >= 0.6 is 0 Å². The fourth-order valence-electron chi connectivity index (χ4n) is 2.86. The molecule has 0 amide bonds. The Hall–Kier alpha value is -2.16. The van der Waals surface area contributed by atoms with Gasteiger partial charge >= 0.3 is 0 Å². The fourth-order valence-corrected chi connectivity index (χ4v) is 2.86. The molecular formula is C20H20O2. The largest absolute Gasteiger partial charge is 0.396 e. The summed E-state index contributed by atoms with van der Waals surface area (Å²) >= 11 is 0. The molecule has 0 aromatic heterocycles. The van der Waals surface area contributed by atoms with E-state index in [2.05, 4.69) is 60.7 Å². The standard InChI is InChI=1S/C16H10.C4H10O2/c1-3-11-7-9-13-5-2-6-14-10-8-12(4-1)15(11)16(13)14;1-4(6)2-3-5/h1-10H;4-6H,2-3H2,1H3. The summed E-state index contributed by atoms with van der Waals surface area (Å²) in [6, 6.07) is 21.9. The summed E-state index contributed by atoms with van der Waals surface area (Å²) in [6.07, 6.45) is 0.134. The van der Waals surface area contributed by atoms with E-state index < -0.39 is 0 Å². The summed E-state index contributed by atoms with van der Waals surface area (Å²) < 4.78 is 0. The molecule has 2 N–H and O–H groups in total. The molecule has 0 radical (unpaired) electrons. The zero-order chi connectivity index (χ0) is 15.5. The molecule has 0 saturated heterocycles. The first kappa shape index (κ1) is 14.8. The second-order valence-corrected chi connectivity index (χ2v) is 5.65. The van der Waals surface area contributed by atoms with E-state index in [0.717, 1.165) is 0 Å². The monoisotopic (exact) mass is 292 g/mol. The van der Waals surface area contributed by atoms with Crippen molar-refractivity contribution in [3.05, 3.63) is 60.7 Å². The molecular weight excluding hydrogens is 272 g/mol. The smallest absolute Gasteiger partial charge is 0.0533 e. The molecule has 0 spiro atoms. The Labute approximate surface area is 130 Å². The first-order chi connectivity index (χ1) is 10.7. The molecule has 112 valence electrons. The number of aliphatic hydroxyl groups excluding tert-OH is 2. The maximum Gasteiger partial charge on any atom is 0.0533 e. The summed E-state index contributed by atoms with van der Waals surface area (Å²) in [5, 5.41) is 24.6. The van der Waals surface area contributed by atoms with Crippen molar-refractivity contribution in [3.8, 4) is 0 Å². The van der Waals surface area contributed by atoms with E-state index in [4.69, 9.17) is 10.2 Å². The van der Waals surface area contributed by atoms with Gasteiger partial charge in [0.2, 0.25) is 0 Å². The molecule has 4 aromatic rings. The average molecular weight is 292 g/mol. The van der Waals surface area contributed by atoms with Crippen LogP contribution in [-0.2, 0) is 0 Å². The number of benzene rings is 4. The van der Waals surface area contributed by atoms with Crippen molar-refractivity contribution in [3.63, 3.8) is 0 Å². The van der Waals surface area contributed by atoms with Crippen molar-refractivity contribution in [1.82, 2.24) is 0 Å². The van der Waals surface area contributed by atoms with Gasteiger partial charge in [-0.25, -0.2) is 0 Å². The fraction of sp³-hybridized carbons (Fsp3) is 0.200. The molecule has 2 nitrogen and oxygen atoms in total. The van der Waals surface area contributed by atoms with Gasteiger partial charge in [0.25, 0.3) is 0 Å². The molecule has 4 rings (SSSR count). The highest BCUT2D eigenvalue weighted by atomic mass is 16.3. The van der Waals surface area contributed by atoms with E-state index in [1.807, 2.05) is 0 Å². The van der Waals surface area contributed by atoms with E-state index in [1.54, 1.807) is 6.92 Å². The Morgan fingerprint density at radius 1 is 0.727 bits per heavy atom. The maximum atomic E-state index is 8.39. The van der Waals surface area contributed by atoms with Gasteiger partial charge in [-0.05, 0) is 45.7 Å². The Bertz CT molecular complexity index is 751. The quantitative estimate of drug-likeness (QED) is 0.540. The molecule has 22 heavy (non-hydrogen) atoms. The predicted octanol–water partition coefficient (Wildman–Crippen LogP) is 4.33. The van der Waals surface area contributed by atoms with Crippen LogP contribution in [-0.4, -0.2) is 22.9 Å². The summed E-state index contributed by atoms with van der Waals surface area (Å²) in [7, 11) is 0. The molecule has 2 heteroatoms. The molecule has 0 fully saturated rings. The maximum absolute atomic E-state index is 8.39. The van der Waals surface area contributed by atoms with Crippen molar-refractivity contribution in [2.75, 3.05) is 6.61 Å². The minimum atomic E-state index is -0.352. The second-order valence-electron chi connectivity index (χ2n) is 5.65. The van der Waals surface area contributed by atoms with Gasteiger partial charge in [-0.2, -0.15) is 0 Å². The normalized spacial score (nSPS) is 12.5. The highest BCUT2D eigenvalue weighted by molar-refractivity contribution is 6.22. The van der Waals surface area contributed by atoms with Crippen molar-refractivity contribution < 1.29 is 10.2 Å². The molecule has 0 aliphatic heterocycles. The molecule has 1 atom stereocenters. The molecule has 4 aromatic carbocycles. The minimum absolute atomic E-state index is 0.0810. The van der Waals surface area contributed by atoms with Crippen LogP contribution in [0.3, 0.4) is 0 Å². The lowest BCUT2D eigenvalue weighted by Gasteiger charge is -2.09. The number of hydrogen-bond acceptors (Lipinski definition) is 2. The lowest BCUT2D eigenvalue weighted by Crippen LogP contribution is -2.00. The molecule has 0 aliphatic carbocycles. The number of aliphatic hydroxyl groups is 2. The van der Waals surface area contributed by atoms with E-state index in [-0.39, 0.29) is 12.7 Å². The van der Waals surface area contributed by atoms with E-state index in [0.29, 0.717) is 6.42 Å². The third-order valence-electron chi connectivity index (χ3n) is 3.94. The lowest BCUT2D eigenvalue weighted by atomic mass is 9.95. The average Bonchev–Trinajstić information content (AvgIpc) is 2.53. The van der Waals surface area contributed by atoms with Crippen LogP contribution in [0, 0.1) is 0 Å². The Morgan fingerprint density at radius 2 is 1.09 bits per heavy atom. The van der Waals surface area contributed by atoms with Crippen molar-refractivity contribution in [2.24, 2.45) is 0 Å². The van der Waals surface area contributed by atoms with Crippen LogP contribution in [0.2, 0.25) is 0 Å². The Balaban J connectivity index is 0.000000209. The van der Waals surface area contributed by atoms with Gasteiger partial charge in [0.1, 0.15) is 0 Å². The van der Waals surface area contributed by atoms with Crippen LogP contribution in [0.25, 0.3) is 32.3 Å². The van der Waals surface area contributed by atoms with Gasteiger partial charge in [-0.15, -0.1) is 0 Å². The highest BCUT2D eigenvalue weighted by Crippen LogP contribution is 2.33. The van der Waals surface area contributed by atoms with Gasteiger partial charge in [0.05, 0.1) is 6.10 Å². The van der Waals surface area contributed by atoms with Crippen LogP contribution in [0.1, 0.15) is 13.3 Å². The first-order valence-corrected chi connectivity index (χ1v) is 7.62. The molecule has 0 heterocycles. The topological polar surface area (TPSA) is 40.5 Å². The van der Waals surface area contributed by atoms with Gasteiger partial charge in [0.15, 0.2) is 0 Å². The summed E-state index contributed by atoms with van der Waals surface area (Å²) in [5.41, 5.74) is 0. The minimum Gasteiger partial charge on any atom is -0.396 e. The second kappa shape index (κ2) is 6.30. The lowest BCUT2D eigenvalue weighted by molar-refractivity contribution is 0.148. The van der Waals surface area contributed by atoms with E-state index >= 15 is 0 Å².